The predicted molar refractivity (Wildman–Crippen MR) is 67.7 cm³/mol. The Morgan fingerprint density at radius 2 is 2.11 bits per heavy atom. The lowest BCUT2D eigenvalue weighted by molar-refractivity contribution is -0.131. The Bertz CT molecular complexity index is 342. The number of hydrogen-bond donors (Lipinski definition) is 1. The van der Waals surface area contributed by atoms with E-state index in [9.17, 15) is 10.1 Å². The Balaban J connectivity index is 1.95. The van der Waals surface area contributed by atoms with Crippen LogP contribution in [0.2, 0.25) is 0 Å². The zero-order chi connectivity index (χ0) is 13.0. The maximum Gasteiger partial charge on any atom is 0.240 e. The molecule has 0 aromatic rings. The van der Waals surface area contributed by atoms with Crippen molar-refractivity contribution in [2.75, 3.05) is 6.61 Å². The Morgan fingerprint density at radius 3 is 2.72 bits per heavy atom. The molecule has 2 fully saturated rings. The van der Waals surface area contributed by atoms with Crippen LogP contribution in [0.5, 0.6) is 0 Å². The van der Waals surface area contributed by atoms with Crippen LogP contribution in [0.4, 0.5) is 0 Å². The minimum atomic E-state index is -0.764. The third kappa shape index (κ3) is 2.84. The zero-order valence-electron chi connectivity index (χ0n) is 11.1. The van der Waals surface area contributed by atoms with Crippen LogP contribution >= 0.6 is 0 Å². The van der Waals surface area contributed by atoms with Crippen molar-refractivity contribution in [3.05, 3.63) is 0 Å². The molecule has 1 heterocycles. The van der Waals surface area contributed by atoms with Crippen molar-refractivity contribution in [3.8, 4) is 6.07 Å². The molecule has 0 bridgehead atoms. The Labute approximate surface area is 109 Å². The number of carbonyl (C=O) groups excluding carboxylic acids is 1. The molecule has 1 aliphatic heterocycles. The van der Waals surface area contributed by atoms with E-state index in [1.807, 2.05) is 6.92 Å². The van der Waals surface area contributed by atoms with Gasteiger partial charge in [-0.25, -0.2) is 0 Å². The number of ether oxygens (including phenoxy) is 1. The van der Waals surface area contributed by atoms with Gasteiger partial charge in [0.05, 0.1) is 12.2 Å². The fourth-order valence-corrected chi connectivity index (χ4v) is 3.00. The molecule has 2 unspecified atom stereocenters. The summed E-state index contributed by atoms with van der Waals surface area (Å²) < 4.78 is 5.47. The van der Waals surface area contributed by atoms with E-state index in [1.165, 1.54) is 0 Å². The summed E-state index contributed by atoms with van der Waals surface area (Å²) in [5.74, 6) is -0.0520. The number of amides is 1. The van der Waals surface area contributed by atoms with Crippen LogP contribution in [0.15, 0.2) is 0 Å². The van der Waals surface area contributed by atoms with Gasteiger partial charge in [-0.3, -0.25) is 4.79 Å². The molecule has 4 heteroatoms. The third-order valence-electron chi connectivity index (χ3n) is 4.18. The van der Waals surface area contributed by atoms with E-state index in [0.29, 0.717) is 19.4 Å². The molecule has 1 amide bonds. The second-order valence-corrected chi connectivity index (χ2v) is 5.63. The van der Waals surface area contributed by atoms with Crippen molar-refractivity contribution in [1.82, 2.24) is 5.32 Å². The molecule has 0 radical (unpaired) electrons. The molecule has 2 atom stereocenters. The quantitative estimate of drug-likeness (QED) is 0.816. The second kappa shape index (κ2) is 5.71. The van der Waals surface area contributed by atoms with Crippen LogP contribution in [0.3, 0.4) is 0 Å². The summed E-state index contributed by atoms with van der Waals surface area (Å²) in [5.41, 5.74) is -0.764. The maximum atomic E-state index is 12.4. The first-order valence-corrected chi connectivity index (χ1v) is 7.00. The van der Waals surface area contributed by atoms with Crippen LogP contribution in [-0.2, 0) is 9.53 Å². The standard InChI is InChI=1S/C14H22N2O2/c1-11-9-12(5-8-18-11)16-13(17)14(10-15)6-3-2-4-7-14/h11-12H,2-9H2,1H3,(H,16,17). The molecule has 4 nitrogen and oxygen atoms in total. The normalized spacial score (nSPS) is 31.3. The molecule has 1 N–H and O–H groups in total. The van der Waals surface area contributed by atoms with Gasteiger partial charge >= 0.3 is 0 Å². The van der Waals surface area contributed by atoms with Crippen LogP contribution in [0.25, 0.3) is 0 Å². The number of carbonyl (C=O) groups is 1. The van der Waals surface area contributed by atoms with E-state index in [0.717, 1.165) is 32.1 Å². The Hall–Kier alpha value is -1.08. The van der Waals surface area contributed by atoms with E-state index in [4.69, 9.17) is 4.74 Å². The largest absolute Gasteiger partial charge is 0.378 e. The molecular formula is C14H22N2O2. The first-order valence-electron chi connectivity index (χ1n) is 7.00. The monoisotopic (exact) mass is 250 g/mol. The fraction of sp³-hybridized carbons (Fsp3) is 0.857. The molecule has 100 valence electrons. The molecule has 0 spiro atoms. The van der Waals surface area contributed by atoms with Crippen molar-refractivity contribution in [2.24, 2.45) is 5.41 Å². The topological polar surface area (TPSA) is 62.1 Å². The highest BCUT2D eigenvalue weighted by Gasteiger charge is 2.40. The van der Waals surface area contributed by atoms with Gasteiger partial charge in [0, 0.05) is 12.6 Å². The van der Waals surface area contributed by atoms with Crippen LogP contribution < -0.4 is 5.32 Å². The number of rotatable bonds is 2. The molecular weight excluding hydrogens is 228 g/mol. The summed E-state index contributed by atoms with van der Waals surface area (Å²) in [5, 5.41) is 12.4. The summed E-state index contributed by atoms with van der Waals surface area (Å²) in [4.78, 5) is 12.4. The molecule has 18 heavy (non-hydrogen) atoms. The SMILES string of the molecule is CC1CC(NC(=O)C2(C#N)CCCCC2)CCO1. The van der Waals surface area contributed by atoms with Gasteiger partial charge in [0.25, 0.3) is 0 Å². The van der Waals surface area contributed by atoms with Gasteiger partial charge in [-0.05, 0) is 32.6 Å². The Morgan fingerprint density at radius 1 is 1.39 bits per heavy atom. The highest BCUT2D eigenvalue weighted by molar-refractivity contribution is 5.85. The summed E-state index contributed by atoms with van der Waals surface area (Å²) in [6, 6.07) is 2.45. The van der Waals surface area contributed by atoms with E-state index in [1.54, 1.807) is 0 Å². The average Bonchev–Trinajstić information content (AvgIpc) is 2.39. The second-order valence-electron chi connectivity index (χ2n) is 5.63. The molecule has 1 aliphatic carbocycles. The van der Waals surface area contributed by atoms with Gasteiger partial charge in [0.15, 0.2) is 0 Å². The minimum Gasteiger partial charge on any atom is -0.378 e. The van der Waals surface area contributed by atoms with E-state index in [2.05, 4.69) is 11.4 Å². The van der Waals surface area contributed by atoms with Crippen LogP contribution in [0, 0.1) is 16.7 Å². The molecule has 2 aliphatic rings. The zero-order valence-corrected chi connectivity index (χ0v) is 11.1. The van der Waals surface area contributed by atoms with Gasteiger partial charge < -0.3 is 10.1 Å². The molecule has 1 saturated heterocycles. The number of nitrogens with one attached hydrogen (secondary N) is 1. The van der Waals surface area contributed by atoms with Gasteiger partial charge in [-0.1, -0.05) is 19.3 Å². The highest BCUT2D eigenvalue weighted by Crippen LogP contribution is 2.36. The summed E-state index contributed by atoms with van der Waals surface area (Å²) in [6.07, 6.45) is 6.47. The molecule has 2 rings (SSSR count). The average molecular weight is 250 g/mol. The van der Waals surface area contributed by atoms with Crippen LogP contribution in [-0.4, -0.2) is 24.7 Å². The molecule has 1 saturated carbocycles. The van der Waals surface area contributed by atoms with Crippen molar-refractivity contribution in [3.63, 3.8) is 0 Å². The molecule has 0 aromatic heterocycles. The molecule has 0 aromatic carbocycles. The van der Waals surface area contributed by atoms with Gasteiger partial charge in [-0.2, -0.15) is 5.26 Å². The lowest BCUT2D eigenvalue weighted by Crippen LogP contribution is -2.48. The van der Waals surface area contributed by atoms with Gasteiger partial charge in [-0.15, -0.1) is 0 Å². The minimum absolute atomic E-state index is 0.0520. The summed E-state index contributed by atoms with van der Waals surface area (Å²) in [6.45, 7) is 2.73. The summed E-state index contributed by atoms with van der Waals surface area (Å²) >= 11 is 0. The van der Waals surface area contributed by atoms with E-state index in [-0.39, 0.29) is 18.1 Å². The Kier molecular flexibility index (Phi) is 4.23. The number of hydrogen-bond acceptors (Lipinski definition) is 3. The lowest BCUT2D eigenvalue weighted by atomic mass is 9.74. The van der Waals surface area contributed by atoms with Crippen molar-refractivity contribution in [1.29, 1.82) is 5.26 Å². The first kappa shape index (κ1) is 13.4. The third-order valence-corrected chi connectivity index (χ3v) is 4.18. The fourth-order valence-electron chi connectivity index (χ4n) is 3.00. The van der Waals surface area contributed by atoms with Crippen molar-refractivity contribution in [2.45, 2.75) is 64.0 Å². The van der Waals surface area contributed by atoms with Crippen molar-refractivity contribution < 1.29 is 9.53 Å². The maximum absolute atomic E-state index is 12.4. The van der Waals surface area contributed by atoms with Gasteiger partial charge in [0.2, 0.25) is 5.91 Å². The van der Waals surface area contributed by atoms with Gasteiger partial charge in [0.1, 0.15) is 5.41 Å². The smallest absolute Gasteiger partial charge is 0.240 e. The number of nitriles is 1. The predicted octanol–water partition coefficient (Wildman–Crippen LogP) is 2.14. The van der Waals surface area contributed by atoms with E-state index < -0.39 is 5.41 Å². The van der Waals surface area contributed by atoms with Crippen LogP contribution in [0.1, 0.15) is 51.9 Å². The highest BCUT2D eigenvalue weighted by atomic mass is 16.5. The van der Waals surface area contributed by atoms with E-state index >= 15 is 0 Å². The first-order chi connectivity index (χ1) is 8.66. The summed E-state index contributed by atoms with van der Waals surface area (Å²) in [7, 11) is 0. The lowest BCUT2D eigenvalue weighted by Gasteiger charge is -2.33. The van der Waals surface area contributed by atoms with Crippen molar-refractivity contribution >= 4 is 5.91 Å². The number of nitrogens with zero attached hydrogens (tertiary/aromatic N) is 1.